The second-order valence-electron chi connectivity index (χ2n) is 15.6. The predicted molar refractivity (Wildman–Crippen MR) is 256 cm³/mol. The molecule has 13 aromatic rings. The van der Waals surface area contributed by atoms with Crippen molar-refractivity contribution in [2.45, 2.75) is 0 Å². The summed E-state index contributed by atoms with van der Waals surface area (Å²) in [7, 11) is 0. The fourth-order valence-corrected chi connectivity index (χ4v) is 10.9. The van der Waals surface area contributed by atoms with E-state index in [-0.39, 0.29) is 0 Å². The number of hydrogen-bond acceptors (Lipinski definition) is 3. The van der Waals surface area contributed by atoms with Crippen molar-refractivity contribution in [3.05, 3.63) is 206 Å². The molecule has 0 aliphatic heterocycles. The van der Waals surface area contributed by atoms with Crippen LogP contribution in [0.5, 0.6) is 0 Å². The third kappa shape index (κ3) is 4.89. The molecule has 3 heterocycles. The zero-order valence-corrected chi connectivity index (χ0v) is 33.2. The highest BCUT2D eigenvalue weighted by atomic mass is 32.1. The number of anilines is 3. The van der Waals surface area contributed by atoms with Crippen molar-refractivity contribution in [2.24, 2.45) is 0 Å². The van der Waals surface area contributed by atoms with Crippen LogP contribution in [0.3, 0.4) is 0 Å². The Morgan fingerprint density at radius 1 is 0.383 bits per heavy atom. The van der Waals surface area contributed by atoms with Crippen LogP contribution in [0.15, 0.2) is 211 Å². The molecule has 0 fully saturated rings. The van der Waals surface area contributed by atoms with Crippen molar-refractivity contribution in [1.29, 1.82) is 0 Å². The predicted octanol–water partition coefficient (Wildman–Crippen LogP) is 16.5. The molecule has 0 atom stereocenters. The van der Waals surface area contributed by atoms with Crippen molar-refractivity contribution in [3.8, 4) is 16.8 Å². The van der Waals surface area contributed by atoms with Gasteiger partial charge in [-0.2, -0.15) is 0 Å². The summed E-state index contributed by atoms with van der Waals surface area (Å²) in [6.45, 7) is 0. The first-order valence-corrected chi connectivity index (χ1v) is 21.2. The van der Waals surface area contributed by atoms with Crippen LogP contribution < -0.4 is 4.90 Å². The Morgan fingerprint density at radius 3 is 1.85 bits per heavy atom. The molecular formula is C56H34N2OS. The molecule has 0 bridgehead atoms. The van der Waals surface area contributed by atoms with Crippen LogP contribution in [0, 0.1) is 0 Å². The Balaban J connectivity index is 1.19. The molecule has 0 unspecified atom stereocenters. The van der Waals surface area contributed by atoms with Gasteiger partial charge in [0.15, 0.2) is 0 Å². The standard InChI is InChI=1S/C56H34N2OS/c1-3-16-36(17-4-1)57(39-28-30-53-45(32-39)43-23-12-14-26-52(43)60-53)38-27-29-48-47(33-38)54-49(58(48)37-18-5-2-6-19-37)34-51-55(44-24-11-13-25-50(44)59-51)56(54)46-31-35-15-7-8-20-40(35)41-21-9-10-22-42(41)46/h1-34H. The molecule has 0 amide bonds. The topological polar surface area (TPSA) is 21.3 Å². The molecule has 0 radical (unpaired) electrons. The number of hydrogen-bond donors (Lipinski definition) is 0. The third-order valence-electron chi connectivity index (χ3n) is 12.3. The quantitative estimate of drug-likeness (QED) is 0.162. The molecule has 280 valence electrons. The highest BCUT2D eigenvalue weighted by molar-refractivity contribution is 7.25. The molecule has 0 aliphatic carbocycles. The van der Waals surface area contributed by atoms with Gasteiger partial charge in [0.1, 0.15) is 11.2 Å². The van der Waals surface area contributed by atoms with E-state index in [0.717, 1.165) is 55.7 Å². The lowest BCUT2D eigenvalue weighted by molar-refractivity contribution is 0.669. The fourth-order valence-electron chi connectivity index (χ4n) is 9.77. The second-order valence-corrected chi connectivity index (χ2v) is 16.7. The number of benzene rings is 10. The summed E-state index contributed by atoms with van der Waals surface area (Å²) in [5, 5.41) is 12.1. The van der Waals surface area contributed by atoms with Crippen molar-refractivity contribution >= 4 is 114 Å². The molecule has 0 spiro atoms. The fraction of sp³-hybridized carbons (Fsp3) is 0. The minimum absolute atomic E-state index is 0.873. The summed E-state index contributed by atoms with van der Waals surface area (Å²) in [6, 6.07) is 75.0. The number of fused-ring (bicyclic) bond motifs is 12. The van der Waals surface area contributed by atoms with Crippen molar-refractivity contribution < 1.29 is 4.42 Å². The molecule has 3 nitrogen and oxygen atoms in total. The van der Waals surface area contributed by atoms with Gasteiger partial charge in [0.25, 0.3) is 0 Å². The number of aromatic nitrogens is 1. The Labute approximate surface area is 349 Å². The van der Waals surface area contributed by atoms with E-state index in [1.54, 1.807) is 0 Å². The van der Waals surface area contributed by atoms with Gasteiger partial charge in [-0.15, -0.1) is 11.3 Å². The van der Waals surface area contributed by atoms with Gasteiger partial charge >= 0.3 is 0 Å². The number of rotatable bonds is 5. The number of para-hydroxylation sites is 3. The summed E-state index contributed by atoms with van der Waals surface area (Å²) in [5.74, 6) is 0. The average Bonchev–Trinajstić information content (AvgIpc) is 3.98. The first-order chi connectivity index (χ1) is 29.8. The van der Waals surface area contributed by atoms with Gasteiger partial charge in [-0.3, -0.25) is 0 Å². The maximum absolute atomic E-state index is 6.83. The van der Waals surface area contributed by atoms with Crippen molar-refractivity contribution in [3.63, 3.8) is 0 Å². The van der Waals surface area contributed by atoms with Crippen LogP contribution in [-0.2, 0) is 0 Å². The molecule has 0 N–H and O–H groups in total. The van der Waals surface area contributed by atoms with Crippen LogP contribution in [0.25, 0.3) is 102 Å². The maximum Gasteiger partial charge on any atom is 0.138 e. The van der Waals surface area contributed by atoms with Crippen molar-refractivity contribution in [1.82, 2.24) is 4.57 Å². The minimum atomic E-state index is 0.873. The molecule has 3 aromatic heterocycles. The van der Waals surface area contributed by atoms with E-state index >= 15 is 0 Å². The van der Waals surface area contributed by atoms with Gasteiger partial charge in [0.2, 0.25) is 0 Å². The van der Waals surface area contributed by atoms with E-state index in [4.69, 9.17) is 4.42 Å². The second kappa shape index (κ2) is 12.9. The molecule has 10 aromatic carbocycles. The van der Waals surface area contributed by atoms with Gasteiger partial charge in [-0.1, -0.05) is 121 Å². The normalized spacial score (nSPS) is 12.0. The molecule has 0 saturated heterocycles. The minimum Gasteiger partial charge on any atom is -0.456 e. The number of nitrogens with zero attached hydrogens (tertiary/aromatic N) is 2. The Bertz CT molecular complexity index is 3840. The zero-order valence-electron chi connectivity index (χ0n) is 32.3. The van der Waals surface area contributed by atoms with E-state index in [9.17, 15) is 0 Å². The van der Waals surface area contributed by atoms with E-state index in [0.29, 0.717) is 0 Å². The first kappa shape index (κ1) is 33.3. The van der Waals surface area contributed by atoms with Gasteiger partial charge in [-0.05, 0) is 106 Å². The summed E-state index contributed by atoms with van der Waals surface area (Å²) in [5.41, 5.74) is 10.8. The average molecular weight is 783 g/mol. The van der Waals surface area contributed by atoms with Crippen LogP contribution in [-0.4, -0.2) is 4.57 Å². The molecular weight excluding hydrogens is 749 g/mol. The van der Waals surface area contributed by atoms with Crippen LogP contribution in [0.2, 0.25) is 0 Å². The smallest absolute Gasteiger partial charge is 0.138 e. The lowest BCUT2D eigenvalue weighted by Gasteiger charge is -2.26. The Hall–Kier alpha value is -7.66. The van der Waals surface area contributed by atoms with E-state index in [1.165, 1.54) is 63.6 Å². The Kier molecular flexibility index (Phi) is 7.18. The van der Waals surface area contributed by atoms with Crippen LogP contribution in [0.4, 0.5) is 17.1 Å². The summed E-state index contributed by atoms with van der Waals surface area (Å²) in [4.78, 5) is 2.41. The number of thiophene rings is 1. The third-order valence-corrected chi connectivity index (χ3v) is 13.5. The van der Waals surface area contributed by atoms with Crippen molar-refractivity contribution in [2.75, 3.05) is 4.90 Å². The SMILES string of the molecule is c1ccc(N(c2ccc3sc4ccccc4c3c2)c2ccc3c(c2)c2c(-c4cc5ccccc5c5ccccc45)c4c(cc2n3-c2ccccc2)oc2ccccc24)cc1. The molecule has 0 aliphatic rings. The zero-order chi connectivity index (χ0) is 39.3. The monoisotopic (exact) mass is 782 g/mol. The van der Waals surface area contributed by atoms with E-state index < -0.39 is 0 Å². The summed E-state index contributed by atoms with van der Waals surface area (Å²) >= 11 is 1.85. The van der Waals surface area contributed by atoms with Gasteiger partial charge in [0.05, 0.1) is 11.0 Å². The van der Waals surface area contributed by atoms with E-state index in [2.05, 4.69) is 216 Å². The Morgan fingerprint density at radius 2 is 1.02 bits per heavy atom. The van der Waals surface area contributed by atoms with Gasteiger partial charge in [-0.25, -0.2) is 0 Å². The summed E-state index contributed by atoms with van der Waals surface area (Å²) in [6.07, 6.45) is 0. The molecule has 0 saturated carbocycles. The highest BCUT2D eigenvalue weighted by Crippen LogP contribution is 2.50. The maximum atomic E-state index is 6.83. The van der Waals surface area contributed by atoms with Crippen LogP contribution >= 0.6 is 11.3 Å². The van der Waals surface area contributed by atoms with Crippen LogP contribution in [0.1, 0.15) is 0 Å². The van der Waals surface area contributed by atoms with Gasteiger partial charge < -0.3 is 13.9 Å². The lowest BCUT2D eigenvalue weighted by Crippen LogP contribution is -2.09. The first-order valence-electron chi connectivity index (χ1n) is 20.4. The molecule has 13 rings (SSSR count). The van der Waals surface area contributed by atoms with E-state index in [1.807, 2.05) is 11.3 Å². The molecule has 4 heteroatoms. The lowest BCUT2D eigenvalue weighted by atomic mass is 9.88. The largest absolute Gasteiger partial charge is 0.456 e. The number of furan rings is 1. The molecule has 60 heavy (non-hydrogen) atoms. The van der Waals surface area contributed by atoms with Gasteiger partial charge in [0, 0.05) is 76.1 Å². The summed E-state index contributed by atoms with van der Waals surface area (Å²) < 4.78 is 11.8. The highest BCUT2D eigenvalue weighted by Gasteiger charge is 2.25.